The van der Waals surface area contributed by atoms with E-state index in [1.54, 1.807) is 11.8 Å². The SMILES string of the molecule is OCCn1c2ccccc2n2c(SCc3ccc(Br)cc3)nnc12. The molecule has 0 aliphatic heterocycles. The fraction of sp³-hybridized carbons (Fsp3) is 0.176. The first-order valence-electron chi connectivity index (χ1n) is 7.58. The van der Waals surface area contributed by atoms with Gasteiger partial charge in [-0.05, 0) is 29.8 Å². The van der Waals surface area contributed by atoms with E-state index in [0.29, 0.717) is 6.54 Å². The zero-order chi connectivity index (χ0) is 16.5. The Kier molecular flexibility index (Phi) is 4.30. The number of fused-ring (bicyclic) bond motifs is 3. The molecule has 4 rings (SSSR count). The first-order valence-corrected chi connectivity index (χ1v) is 9.36. The minimum absolute atomic E-state index is 0.0720. The summed E-state index contributed by atoms with van der Waals surface area (Å²) in [7, 11) is 0. The maximum absolute atomic E-state index is 9.35. The summed E-state index contributed by atoms with van der Waals surface area (Å²) < 4.78 is 5.15. The molecule has 2 aromatic carbocycles. The fourth-order valence-electron chi connectivity index (χ4n) is 2.78. The average Bonchev–Trinajstić information content (AvgIpc) is 3.15. The van der Waals surface area contributed by atoms with Gasteiger partial charge in [-0.2, -0.15) is 0 Å². The van der Waals surface area contributed by atoms with Crippen molar-refractivity contribution in [3.05, 3.63) is 58.6 Å². The molecule has 0 atom stereocenters. The Labute approximate surface area is 151 Å². The molecule has 7 heteroatoms. The van der Waals surface area contributed by atoms with Gasteiger partial charge in [-0.1, -0.05) is 52.0 Å². The van der Waals surface area contributed by atoms with Gasteiger partial charge >= 0.3 is 0 Å². The van der Waals surface area contributed by atoms with Crippen LogP contribution in [0.5, 0.6) is 0 Å². The first-order chi connectivity index (χ1) is 11.8. The zero-order valence-electron chi connectivity index (χ0n) is 12.8. The Balaban J connectivity index is 1.73. The van der Waals surface area contributed by atoms with Crippen molar-refractivity contribution in [2.24, 2.45) is 0 Å². The maximum atomic E-state index is 9.35. The number of thioether (sulfide) groups is 1. The highest BCUT2D eigenvalue weighted by molar-refractivity contribution is 9.10. The van der Waals surface area contributed by atoms with Gasteiger partial charge < -0.3 is 9.67 Å². The van der Waals surface area contributed by atoms with E-state index in [9.17, 15) is 5.11 Å². The van der Waals surface area contributed by atoms with E-state index in [1.807, 2.05) is 34.9 Å². The van der Waals surface area contributed by atoms with Crippen LogP contribution in [0.25, 0.3) is 16.8 Å². The number of imidazole rings is 1. The molecule has 1 N–H and O–H groups in total. The van der Waals surface area contributed by atoms with Crippen molar-refractivity contribution in [2.45, 2.75) is 17.5 Å². The molecule has 0 amide bonds. The van der Waals surface area contributed by atoms with Crippen molar-refractivity contribution in [1.29, 1.82) is 0 Å². The lowest BCUT2D eigenvalue weighted by Crippen LogP contribution is -2.02. The molecular weight excluding hydrogens is 388 g/mol. The zero-order valence-corrected chi connectivity index (χ0v) is 15.2. The lowest BCUT2D eigenvalue weighted by Gasteiger charge is -2.00. The number of para-hydroxylation sites is 2. The minimum Gasteiger partial charge on any atom is -0.395 e. The van der Waals surface area contributed by atoms with Crippen LogP contribution in [0, 0.1) is 0 Å². The van der Waals surface area contributed by atoms with E-state index in [4.69, 9.17) is 0 Å². The van der Waals surface area contributed by atoms with E-state index in [1.165, 1.54) is 5.56 Å². The van der Waals surface area contributed by atoms with Crippen molar-refractivity contribution < 1.29 is 5.11 Å². The highest BCUT2D eigenvalue weighted by atomic mass is 79.9. The van der Waals surface area contributed by atoms with Gasteiger partial charge in [-0.25, -0.2) is 0 Å². The number of hydrogen-bond acceptors (Lipinski definition) is 4. The molecule has 5 nitrogen and oxygen atoms in total. The molecular formula is C17H15BrN4OS. The molecule has 0 aliphatic rings. The van der Waals surface area contributed by atoms with Crippen molar-refractivity contribution in [3.8, 4) is 0 Å². The second-order valence-corrected chi connectivity index (χ2v) is 7.26. The van der Waals surface area contributed by atoms with Crippen LogP contribution in [0.4, 0.5) is 0 Å². The Morgan fingerprint density at radius 2 is 1.75 bits per heavy atom. The van der Waals surface area contributed by atoms with Crippen LogP contribution in [0.1, 0.15) is 5.56 Å². The van der Waals surface area contributed by atoms with Crippen LogP contribution >= 0.6 is 27.7 Å². The van der Waals surface area contributed by atoms with E-state index >= 15 is 0 Å². The highest BCUT2D eigenvalue weighted by Crippen LogP contribution is 2.28. The van der Waals surface area contributed by atoms with Crippen LogP contribution in [-0.4, -0.2) is 30.9 Å². The predicted molar refractivity (Wildman–Crippen MR) is 99.3 cm³/mol. The molecule has 0 bridgehead atoms. The third kappa shape index (κ3) is 2.72. The van der Waals surface area contributed by atoms with Crippen molar-refractivity contribution in [2.75, 3.05) is 6.61 Å². The maximum Gasteiger partial charge on any atom is 0.237 e. The van der Waals surface area contributed by atoms with Crippen molar-refractivity contribution in [1.82, 2.24) is 19.2 Å². The van der Waals surface area contributed by atoms with Gasteiger partial charge in [0.15, 0.2) is 5.16 Å². The number of rotatable bonds is 5. The van der Waals surface area contributed by atoms with Gasteiger partial charge in [0.05, 0.1) is 17.6 Å². The summed E-state index contributed by atoms with van der Waals surface area (Å²) in [5, 5.41) is 18.9. The Bertz CT molecular complexity index is 993. The molecule has 0 unspecified atom stereocenters. The third-order valence-electron chi connectivity index (χ3n) is 3.88. The largest absolute Gasteiger partial charge is 0.395 e. The first kappa shape index (κ1) is 15.7. The fourth-order valence-corrected chi connectivity index (χ4v) is 3.94. The van der Waals surface area contributed by atoms with Gasteiger partial charge in [-0.3, -0.25) is 4.40 Å². The lowest BCUT2D eigenvalue weighted by atomic mass is 10.2. The summed E-state index contributed by atoms with van der Waals surface area (Å²) in [5.41, 5.74) is 3.35. The number of hydrogen-bond donors (Lipinski definition) is 1. The van der Waals surface area contributed by atoms with E-state index in [2.05, 4.69) is 48.7 Å². The summed E-state index contributed by atoms with van der Waals surface area (Å²) in [6.07, 6.45) is 0. The van der Waals surface area contributed by atoms with E-state index < -0.39 is 0 Å². The second-order valence-electron chi connectivity index (χ2n) is 5.40. The van der Waals surface area contributed by atoms with Crippen LogP contribution in [-0.2, 0) is 12.3 Å². The van der Waals surface area contributed by atoms with Crippen LogP contribution in [0.15, 0.2) is 58.2 Å². The Hall–Kier alpha value is -1.83. The molecule has 2 heterocycles. The number of nitrogens with zero attached hydrogens (tertiary/aromatic N) is 4. The summed E-state index contributed by atoms with van der Waals surface area (Å²) >= 11 is 5.12. The van der Waals surface area contributed by atoms with Crippen LogP contribution < -0.4 is 0 Å². The summed E-state index contributed by atoms with van der Waals surface area (Å²) in [6, 6.07) is 16.4. The molecule has 0 spiro atoms. The lowest BCUT2D eigenvalue weighted by molar-refractivity contribution is 0.279. The third-order valence-corrected chi connectivity index (χ3v) is 5.40. The van der Waals surface area contributed by atoms with Gasteiger partial charge in [0.2, 0.25) is 5.78 Å². The summed E-state index contributed by atoms with van der Waals surface area (Å²) in [6.45, 7) is 0.578. The Morgan fingerprint density at radius 1 is 1.00 bits per heavy atom. The second kappa shape index (κ2) is 6.58. The number of benzene rings is 2. The topological polar surface area (TPSA) is 55.4 Å². The van der Waals surface area contributed by atoms with Gasteiger partial charge in [0.25, 0.3) is 0 Å². The number of aliphatic hydroxyl groups excluding tert-OH is 1. The quantitative estimate of drug-likeness (QED) is 0.516. The van der Waals surface area contributed by atoms with Gasteiger partial charge in [0.1, 0.15) is 0 Å². The number of aliphatic hydroxyl groups is 1. The van der Waals surface area contributed by atoms with Crippen molar-refractivity contribution in [3.63, 3.8) is 0 Å². The predicted octanol–water partition coefficient (Wildman–Crippen LogP) is 3.73. The monoisotopic (exact) mass is 402 g/mol. The van der Waals surface area contributed by atoms with Crippen LogP contribution in [0.2, 0.25) is 0 Å². The Morgan fingerprint density at radius 3 is 2.50 bits per heavy atom. The molecule has 0 saturated heterocycles. The molecule has 0 radical (unpaired) electrons. The van der Waals surface area contributed by atoms with Crippen molar-refractivity contribution >= 4 is 44.5 Å². The number of aromatic nitrogens is 4. The molecule has 122 valence electrons. The van der Waals surface area contributed by atoms with Gasteiger partial charge in [-0.15, -0.1) is 10.2 Å². The molecule has 0 aliphatic carbocycles. The standard InChI is InChI=1S/C17H15BrN4OS/c18-13-7-5-12(6-8-13)11-24-17-20-19-16-21(9-10-23)14-3-1-2-4-15(14)22(16)17/h1-8,23H,9-11H2. The van der Waals surface area contributed by atoms with E-state index in [-0.39, 0.29) is 6.61 Å². The highest BCUT2D eigenvalue weighted by Gasteiger charge is 2.16. The summed E-state index contributed by atoms with van der Waals surface area (Å²) in [4.78, 5) is 0. The smallest absolute Gasteiger partial charge is 0.237 e. The molecule has 24 heavy (non-hydrogen) atoms. The van der Waals surface area contributed by atoms with Crippen LogP contribution in [0.3, 0.4) is 0 Å². The summed E-state index contributed by atoms with van der Waals surface area (Å²) in [5.74, 6) is 1.59. The number of halogens is 1. The van der Waals surface area contributed by atoms with E-state index in [0.717, 1.165) is 32.2 Å². The average molecular weight is 403 g/mol. The van der Waals surface area contributed by atoms with Gasteiger partial charge in [0, 0.05) is 16.8 Å². The molecule has 2 aromatic heterocycles. The molecule has 0 fully saturated rings. The normalized spacial score (nSPS) is 11.6. The molecule has 4 aromatic rings. The molecule has 0 saturated carbocycles. The minimum atomic E-state index is 0.0720.